The van der Waals surface area contributed by atoms with Gasteiger partial charge in [0.2, 0.25) is 0 Å². The molecule has 131 valence electrons. The Morgan fingerprint density at radius 2 is 1.43 bits per heavy atom. The molecule has 0 spiro atoms. The molecule has 0 aliphatic rings. The van der Waals surface area contributed by atoms with Gasteiger partial charge in [-0.1, -0.05) is 48.5 Å². The SMILES string of the molecule is O[B]Oc1ccc2c(c1)c1ccccc1c1c3cc4ccccc4cc3oc21. The van der Waals surface area contributed by atoms with Crippen LogP contribution in [0.3, 0.4) is 0 Å². The molecule has 0 fully saturated rings. The zero-order valence-corrected chi connectivity index (χ0v) is 14.8. The molecule has 0 saturated heterocycles. The van der Waals surface area contributed by atoms with Crippen LogP contribution in [0.15, 0.2) is 83.3 Å². The van der Waals surface area contributed by atoms with Crippen molar-refractivity contribution < 1.29 is 14.1 Å². The number of fused-ring (bicyclic) bond motifs is 9. The molecule has 1 radical (unpaired) electrons. The highest BCUT2D eigenvalue weighted by Crippen LogP contribution is 2.42. The maximum atomic E-state index is 9.00. The molecule has 1 heterocycles. The predicted molar refractivity (Wildman–Crippen MR) is 115 cm³/mol. The zero-order chi connectivity index (χ0) is 18.7. The first-order chi connectivity index (χ1) is 13.8. The van der Waals surface area contributed by atoms with Crippen LogP contribution in [-0.2, 0) is 0 Å². The van der Waals surface area contributed by atoms with Crippen molar-refractivity contribution in [2.24, 2.45) is 0 Å². The minimum Gasteiger partial charge on any atom is -0.537 e. The molecule has 6 aromatic rings. The smallest absolute Gasteiger partial charge is 0.537 e. The summed E-state index contributed by atoms with van der Waals surface area (Å²) in [5.41, 5.74) is 1.76. The third-order valence-corrected chi connectivity index (χ3v) is 5.47. The van der Waals surface area contributed by atoms with Crippen LogP contribution < -0.4 is 4.65 Å². The maximum Gasteiger partial charge on any atom is 0.569 e. The minimum atomic E-state index is 0.585. The van der Waals surface area contributed by atoms with E-state index in [4.69, 9.17) is 14.1 Å². The van der Waals surface area contributed by atoms with E-state index < -0.39 is 0 Å². The number of hydrogen-bond acceptors (Lipinski definition) is 3. The van der Waals surface area contributed by atoms with Crippen molar-refractivity contribution in [2.75, 3.05) is 0 Å². The normalized spacial score (nSPS) is 11.8. The molecular weight excluding hydrogens is 347 g/mol. The van der Waals surface area contributed by atoms with Crippen LogP contribution in [0.25, 0.3) is 54.3 Å². The van der Waals surface area contributed by atoms with E-state index >= 15 is 0 Å². The summed E-state index contributed by atoms with van der Waals surface area (Å²) in [7, 11) is 0.703. The Balaban J connectivity index is 1.86. The van der Waals surface area contributed by atoms with E-state index in [-0.39, 0.29) is 0 Å². The van der Waals surface area contributed by atoms with Gasteiger partial charge in [-0.15, -0.1) is 0 Å². The highest BCUT2D eigenvalue weighted by molar-refractivity contribution is 6.31. The summed E-state index contributed by atoms with van der Waals surface area (Å²) in [5, 5.41) is 17.9. The average Bonchev–Trinajstić information content (AvgIpc) is 3.11. The summed E-state index contributed by atoms with van der Waals surface area (Å²) in [5.74, 6) is 0.585. The maximum absolute atomic E-state index is 9.00. The lowest BCUT2D eigenvalue weighted by atomic mass is 9.96. The predicted octanol–water partition coefficient (Wildman–Crippen LogP) is 5.95. The van der Waals surface area contributed by atoms with E-state index in [2.05, 4.69) is 48.5 Å². The highest BCUT2D eigenvalue weighted by Gasteiger charge is 2.16. The zero-order valence-electron chi connectivity index (χ0n) is 14.8. The monoisotopic (exact) mass is 361 g/mol. The van der Waals surface area contributed by atoms with E-state index in [1.807, 2.05) is 30.3 Å². The number of rotatable bonds is 2. The van der Waals surface area contributed by atoms with E-state index in [0.717, 1.165) is 48.9 Å². The minimum absolute atomic E-state index is 0.585. The molecule has 6 rings (SSSR count). The molecule has 1 aromatic heterocycles. The fourth-order valence-corrected chi connectivity index (χ4v) is 4.25. The Labute approximate surface area is 161 Å². The van der Waals surface area contributed by atoms with Crippen LogP contribution in [0.2, 0.25) is 0 Å². The molecule has 0 bridgehead atoms. The van der Waals surface area contributed by atoms with Crippen molar-refractivity contribution in [1.29, 1.82) is 0 Å². The third kappa shape index (κ3) is 2.09. The molecule has 0 saturated carbocycles. The molecule has 0 aliphatic heterocycles. The first-order valence-corrected chi connectivity index (χ1v) is 9.15. The van der Waals surface area contributed by atoms with Crippen molar-refractivity contribution in [3.63, 3.8) is 0 Å². The average molecular weight is 361 g/mol. The second-order valence-corrected chi connectivity index (χ2v) is 6.98. The second-order valence-electron chi connectivity index (χ2n) is 6.98. The van der Waals surface area contributed by atoms with Gasteiger partial charge in [0.25, 0.3) is 0 Å². The topological polar surface area (TPSA) is 42.6 Å². The fraction of sp³-hybridized carbons (Fsp3) is 0. The molecule has 0 atom stereocenters. The van der Waals surface area contributed by atoms with E-state index in [1.54, 1.807) is 0 Å². The van der Waals surface area contributed by atoms with Gasteiger partial charge in [-0.2, -0.15) is 0 Å². The van der Waals surface area contributed by atoms with Crippen molar-refractivity contribution >= 4 is 61.9 Å². The Morgan fingerprint density at radius 3 is 2.25 bits per heavy atom. The van der Waals surface area contributed by atoms with Gasteiger partial charge in [-0.05, 0) is 57.3 Å². The highest BCUT2D eigenvalue weighted by atomic mass is 16.5. The standard InChI is InChI=1S/C24H14BO3/c26-25-28-16-9-10-19-20(13-16)17-7-3-4-8-18(17)23-21-11-14-5-1-2-6-15(14)12-22(21)27-24(19)23/h1-13,26H. The fourth-order valence-electron chi connectivity index (χ4n) is 4.25. The molecule has 0 aliphatic carbocycles. The van der Waals surface area contributed by atoms with E-state index in [9.17, 15) is 0 Å². The van der Waals surface area contributed by atoms with Crippen molar-refractivity contribution in [3.8, 4) is 5.75 Å². The largest absolute Gasteiger partial charge is 0.569 e. The van der Waals surface area contributed by atoms with Gasteiger partial charge in [0.15, 0.2) is 0 Å². The summed E-state index contributed by atoms with van der Waals surface area (Å²) < 4.78 is 11.6. The Morgan fingerprint density at radius 1 is 0.679 bits per heavy atom. The first kappa shape index (κ1) is 15.6. The molecule has 28 heavy (non-hydrogen) atoms. The van der Waals surface area contributed by atoms with Gasteiger partial charge in [0.1, 0.15) is 16.9 Å². The second kappa shape index (κ2) is 5.75. The summed E-state index contributed by atoms with van der Waals surface area (Å²) in [6.45, 7) is 0. The number of hydrogen-bond donors (Lipinski definition) is 1. The van der Waals surface area contributed by atoms with Crippen LogP contribution in [-0.4, -0.2) is 12.7 Å². The van der Waals surface area contributed by atoms with E-state index in [0.29, 0.717) is 13.4 Å². The van der Waals surface area contributed by atoms with Crippen LogP contribution in [0.4, 0.5) is 0 Å². The van der Waals surface area contributed by atoms with Crippen LogP contribution in [0.1, 0.15) is 0 Å². The van der Waals surface area contributed by atoms with Gasteiger partial charge in [-0.25, -0.2) is 0 Å². The molecule has 4 heteroatoms. The lowest BCUT2D eigenvalue weighted by Crippen LogP contribution is -1.99. The summed E-state index contributed by atoms with van der Waals surface area (Å²) in [6, 6.07) is 26.8. The van der Waals surface area contributed by atoms with Crippen molar-refractivity contribution in [3.05, 3.63) is 78.9 Å². The third-order valence-electron chi connectivity index (χ3n) is 5.47. The molecule has 1 N–H and O–H groups in total. The lowest BCUT2D eigenvalue weighted by molar-refractivity contribution is 0.454. The molecule has 5 aromatic carbocycles. The Hall–Kier alpha value is -3.50. The van der Waals surface area contributed by atoms with Gasteiger partial charge in [-0.3, -0.25) is 0 Å². The van der Waals surface area contributed by atoms with E-state index in [1.165, 1.54) is 5.39 Å². The first-order valence-electron chi connectivity index (χ1n) is 9.15. The van der Waals surface area contributed by atoms with Crippen molar-refractivity contribution in [1.82, 2.24) is 0 Å². The summed E-state index contributed by atoms with van der Waals surface area (Å²) in [4.78, 5) is 0. The Kier molecular flexibility index (Phi) is 3.19. The Bertz CT molecular complexity index is 1530. The molecule has 0 amide bonds. The molecule has 3 nitrogen and oxygen atoms in total. The van der Waals surface area contributed by atoms with Crippen molar-refractivity contribution in [2.45, 2.75) is 0 Å². The van der Waals surface area contributed by atoms with Gasteiger partial charge in [0, 0.05) is 16.2 Å². The van der Waals surface area contributed by atoms with Gasteiger partial charge < -0.3 is 14.1 Å². The van der Waals surface area contributed by atoms with Crippen LogP contribution in [0, 0.1) is 0 Å². The molecule has 0 unspecified atom stereocenters. The number of furan rings is 1. The van der Waals surface area contributed by atoms with Gasteiger partial charge >= 0.3 is 7.69 Å². The number of benzene rings is 5. The molecular formula is C24H14BO3. The van der Waals surface area contributed by atoms with Crippen LogP contribution in [0.5, 0.6) is 5.75 Å². The van der Waals surface area contributed by atoms with Crippen LogP contribution >= 0.6 is 0 Å². The lowest BCUT2D eigenvalue weighted by Gasteiger charge is -2.08. The summed E-state index contributed by atoms with van der Waals surface area (Å²) in [6.07, 6.45) is 0. The quantitative estimate of drug-likeness (QED) is 0.306. The summed E-state index contributed by atoms with van der Waals surface area (Å²) >= 11 is 0. The van der Waals surface area contributed by atoms with Gasteiger partial charge in [0.05, 0.1) is 0 Å².